The van der Waals surface area contributed by atoms with Crippen LogP contribution >= 0.6 is 0 Å². The minimum absolute atomic E-state index is 0.494. The Labute approximate surface area is 111 Å². The number of benzene rings is 1. The molecule has 0 spiro atoms. The fourth-order valence-corrected chi connectivity index (χ4v) is 1.70. The van der Waals surface area contributed by atoms with Crippen molar-refractivity contribution in [3.05, 3.63) is 48.5 Å². The number of nitrogens with zero attached hydrogens (tertiary/aromatic N) is 2. The Bertz CT molecular complexity index is 506. The van der Waals surface area contributed by atoms with Gasteiger partial charge in [0.05, 0.1) is 6.33 Å². The lowest BCUT2D eigenvalue weighted by molar-refractivity contribution is 0.249. The summed E-state index contributed by atoms with van der Waals surface area (Å²) in [4.78, 5) is 14.5. The Morgan fingerprint density at radius 3 is 2.68 bits per heavy atom. The van der Waals surface area contributed by atoms with Crippen LogP contribution < -0.4 is 16.4 Å². The van der Waals surface area contributed by atoms with Crippen LogP contribution in [0.2, 0.25) is 0 Å². The van der Waals surface area contributed by atoms with Crippen molar-refractivity contribution >= 4 is 6.03 Å². The van der Waals surface area contributed by atoms with Gasteiger partial charge in [-0.2, -0.15) is 0 Å². The van der Waals surface area contributed by atoms with Crippen molar-refractivity contribution in [1.29, 1.82) is 0 Å². The van der Waals surface area contributed by atoms with Crippen molar-refractivity contribution in [2.45, 2.75) is 6.54 Å². The van der Waals surface area contributed by atoms with Gasteiger partial charge in [0.2, 0.25) is 0 Å². The van der Waals surface area contributed by atoms with Crippen molar-refractivity contribution in [3.8, 4) is 5.69 Å². The van der Waals surface area contributed by atoms with Gasteiger partial charge in [0.1, 0.15) is 0 Å². The van der Waals surface area contributed by atoms with Crippen LogP contribution in [0.4, 0.5) is 4.79 Å². The first-order valence-electron chi connectivity index (χ1n) is 6.07. The van der Waals surface area contributed by atoms with E-state index in [0.29, 0.717) is 13.1 Å². The van der Waals surface area contributed by atoms with E-state index in [0.717, 1.165) is 12.2 Å². The van der Waals surface area contributed by atoms with Gasteiger partial charge in [-0.25, -0.2) is 9.78 Å². The molecule has 0 saturated carbocycles. The van der Waals surface area contributed by atoms with Crippen molar-refractivity contribution in [2.75, 3.05) is 13.1 Å². The fourth-order valence-electron chi connectivity index (χ4n) is 1.70. The fraction of sp³-hybridized carbons (Fsp3) is 0.231. The summed E-state index contributed by atoms with van der Waals surface area (Å²) in [6, 6.07) is 7.71. The molecule has 4 N–H and O–H groups in total. The number of amides is 2. The van der Waals surface area contributed by atoms with Gasteiger partial charge in [0, 0.05) is 37.7 Å². The van der Waals surface area contributed by atoms with E-state index in [-0.39, 0.29) is 0 Å². The summed E-state index contributed by atoms with van der Waals surface area (Å²) in [6.07, 6.45) is 5.42. The molecule has 1 aromatic carbocycles. The lowest BCUT2D eigenvalue weighted by Gasteiger charge is -2.07. The van der Waals surface area contributed by atoms with Gasteiger partial charge >= 0.3 is 6.03 Å². The Morgan fingerprint density at radius 2 is 2.05 bits per heavy atom. The lowest BCUT2D eigenvalue weighted by atomic mass is 10.2. The highest BCUT2D eigenvalue weighted by molar-refractivity contribution is 5.71. The van der Waals surface area contributed by atoms with Gasteiger partial charge in [0.25, 0.3) is 0 Å². The number of nitrogens with two attached hydrogens (primary N) is 1. The van der Waals surface area contributed by atoms with Crippen molar-refractivity contribution in [2.24, 2.45) is 5.73 Å². The first-order chi connectivity index (χ1) is 9.25. The number of aromatic nitrogens is 2. The third kappa shape index (κ3) is 4.11. The number of hydrogen-bond acceptors (Lipinski definition) is 3. The SMILES string of the molecule is NC(=O)NCCNCc1ccc(-n2ccnc2)cc1. The monoisotopic (exact) mass is 259 g/mol. The molecule has 0 atom stereocenters. The number of carbonyl (C=O) groups excluding carboxylic acids is 1. The van der Waals surface area contributed by atoms with Crippen LogP contribution in [-0.2, 0) is 6.54 Å². The molecule has 0 aliphatic heterocycles. The van der Waals surface area contributed by atoms with Gasteiger partial charge in [-0.1, -0.05) is 12.1 Å². The molecule has 2 amide bonds. The molecular weight excluding hydrogens is 242 g/mol. The van der Waals surface area contributed by atoms with Gasteiger partial charge in [-0.05, 0) is 17.7 Å². The summed E-state index contributed by atoms with van der Waals surface area (Å²) < 4.78 is 1.95. The predicted molar refractivity (Wildman–Crippen MR) is 72.9 cm³/mol. The average Bonchev–Trinajstić information content (AvgIpc) is 2.93. The third-order valence-electron chi connectivity index (χ3n) is 2.67. The summed E-state index contributed by atoms with van der Waals surface area (Å²) in [7, 11) is 0. The van der Waals surface area contributed by atoms with Crippen LogP contribution in [0, 0.1) is 0 Å². The zero-order valence-corrected chi connectivity index (χ0v) is 10.5. The molecule has 6 heteroatoms. The number of primary amides is 1. The maximum absolute atomic E-state index is 10.5. The zero-order chi connectivity index (χ0) is 13.5. The van der Waals surface area contributed by atoms with E-state index in [9.17, 15) is 4.79 Å². The molecule has 1 heterocycles. The molecule has 0 unspecified atom stereocenters. The van der Waals surface area contributed by atoms with E-state index in [1.807, 2.05) is 22.9 Å². The Kier molecular flexibility index (Phi) is 4.52. The van der Waals surface area contributed by atoms with Crippen LogP contribution in [0.15, 0.2) is 43.0 Å². The molecule has 6 nitrogen and oxygen atoms in total. The number of hydrogen-bond donors (Lipinski definition) is 3. The number of rotatable bonds is 6. The molecule has 19 heavy (non-hydrogen) atoms. The van der Waals surface area contributed by atoms with Gasteiger partial charge < -0.3 is 20.9 Å². The maximum Gasteiger partial charge on any atom is 0.312 e. The molecule has 0 fully saturated rings. The molecule has 0 aliphatic rings. The largest absolute Gasteiger partial charge is 0.352 e. The highest BCUT2D eigenvalue weighted by Crippen LogP contribution is 2.08. The normalized spacial score (nSPS) is 10.3. The second-order valence-corrected chi connectivity index (χ2v) is 4.10. The molecular formula is C13H17N5O. The average molecular weight is 259 g/mol. The van der Waals surface area contributed by atoms with Crippen LogP contribution in [0.1, 0.15) is 5.56 Å². The number of nitrogens with one attached hydrogen (secondary N) is 2. The summed E-state index contributed by atoms with van der Waals surface area (Å²) in [5.74, 6) is 0. The van der Waals surface area contributed by atoms with E-state index >= 15 is 0 Å². The minimum Gasteiger partial charge on any atom is -0.352 e. The molecule has 0 saturated heterocycles. The van der Waals surface area contributed by atoms with Crippen LogP contribution in [0.25, 0.3) is 5.69 Å². The first-order valence-corrected chi connectivity index (χ1v) is 6.07. The molecule has 0 aliphatic carbocycles. The second-order valence-electron chi connectivity index (χ2n) is 4.10. The van der Waals surface area contributed by atoms with E-state index < -0.39 is 6.03 Å². The van der Waals surface area contributed by atoms with E-state index in [1.54, 1.807) is 12.5 Å². The highest BCUT2D eigenvalue weighted by Gasteiger charge is 1.97. The van der Waals surface area contributed by atoms with E-state index in [4.69, 9.17) is 5.73 Å². The second kappa shape index (κ2) is 6.55. The molecule has 100 valence electrons. The quantitative estimate of drug-likeness (QED) is 0.665. The Balaban J connectivity index is 1.78. The van der Waals surface area contributed by atoms with Crippen LogP contribution in [0.5, 0.6) is 0 Å². The van der Waals surface area contributed by atoms with Gasteiger partial charge in [-0.3, -0.25) is 0 Å². The number of carbonyl (C=O) groups is 1. The summed E-state index contributed by atoms with van der Waals surface area (Å²) >= 11 is 0. The topological polar surface area (TPSA) is 85.0 Å². The first kappa shape index (κ1) is 13.1. The van der Waals surface area contributed by atoms with Gasteiger partial charge in [0.15, 0.2) is 0 Å². The number of imidazole rings is 1. The lowest BCUT2D eigenvalue weighted by Crippen LogP contribution is -2.35. The number of urea groups is 1. The molecule has 0 bridgehead atoms. The minimum atomic E-state index is -0.494. The Hall–Kier alpha value is -2.34. The van der Waals surface area contributed by atoms with Crippen molar-refractivity contribution in [1.82, 2.24) is 20.2 Å². The summed E-state index contributed by atoms with van der Waals surface area (Å²) in [6.45, 7) is 1.97. The van der Waals surface area contributed by atoms with E-state index in [2.05, 4.69) is 27.8 Å². The van der Waals surface area contributed by atoms with Gasteiger partial charge in [-0.15, -0.1) is 0 Å². The predicted octanol–water partition coefficient (Wildman–Crippen LogP) is 0.630. The molecule has 1 aromatic heterocycles. The third-order valence-corrected chi connectivity index (χ3v) is 2.67. The molecule has 2 aromatic rings. The smallest absolute Gasteiger partial charge is 0.312 e. The standard InChI is InChI=1S/C13H17N5O/c14-13(19)17-6-5-15-9-11-1-3-12(4-2-11)18-8-7-16-10-18/h1-4,7-8,10,15H,5-6,9H2,(H3,14,17,19). The molecule has 0 radical (unpaired) electrons. The summed E-state index contributed by atoms with van der Waals surface area (Å²) in [5, 5.41) is 5.75. The molecule has 2 rings (SSSR count). The zero-order valence-electron chi connectivity index (χ0n) is 10.5. The van der Waals surface area contributed by atoms with Crippen LogP contribution in [0.3, 0.4) is 0 Å². The van der Waals surface area contributed by atoms with Crippen molar-refractivity contribution < 1.29 is 4.79 Å². The highest BCUT2D eigenvalue weighted by atomic mass is 16.2. The Morgan fingerprint density at radius 1 is 1.26 bits per heavy atom. The van der Waals surface area contributed by atoms with Crippen LogP contribution in [-0.4, -0.2) is 28.7 Å². The summed E-state index contributed by atoms with van der Waals surface area (Å²) in [5.41, 5.74) is 7.23. The van der Waals surface area contributed by atoms with Crippen molar-refractivity contribution in [3.63, 3.8) is 0 Å². The van der Waals surface area contributed by atoms with E-state index in [1.165, 1.54) is 5.56 Å². The maximum atomic E-state index is 10.5.